The molecule has 8 heteroatoms. The highest BCUT2D eigenvalue weighted by atomic mass is 16.6. The maximum absolute atomic E-state index is 12.0. The summed E-state index contributed by atoms with van der Waals surface area (Å²) in [6, 6.07) is -0.628. The fourth-order valence-electron chi connectivity index (χ4n) is 2.41. The van der Waals surface area contributed by atoms with Gasteiger partial charge in [0.2, 0.25) is 11.8 Å². The summed E-state index contributed by atoms with van der Waals surface area (Å²) in [5.41, 5.74) is 0. The van der Waals surface area contributed by atoms with Gasteiger partial charge in [-0.05, 0) is 19.8 Å². The Labute approximate surface area is 123 Å². The lowest BCUT2D eigenvalue weighted by atomic mass is 10.0. The second-order valence-electron chi connectivity index (χ2n) is 5.10. The van der Waals surface area contributed by atoms with Crippen LogP contribution >= 0.6 is 0 Å². The Morgan fingerprint density at radius 2 is 2.14 bits per heavy atom. The molecule has 0 aromatic heterocycles. The van der Waals surface area contributed by atoms with Crippen molar-refractivity contribution in [3.8, 4) is 0 Å². The number of hydrogen-bond donors (Lipinski definition) is 2. The van der Waals surface area contributed by atoms with Crippen LogP contribution in [0.25, 0.3) is 0 Å². The van der Waals surface area contributed by atoms with Crippen molar-refractivity contribution in [3.63, 3.8) is 0 Å². The zero-order chi connectivity index (χ0) is 15.2. The van der Waals surface area contributed by atoms with Gasteiger partial charge in [0.25, 0.3) is 0 Å². The number of morpholine rings is 1. The third-order valence-electron chi connectivity index (χ3n) is 3.54. The SMILES string of the molecule is CCOC(=O)N1CCC(NC(=O)C2COCC(=O)N2)CC1. The second-order valence-corrected chi connectivity index (χ2v) is 5.10. The van der Waals surface area contributed by atoms with E-state index in [2.05, 4.69) is 10.6 Å². The van der Waals surface area contributed by atoms with Gasteiger partial charge in [0, 0.05) is 19.1 Å². The Morgan fingerprint density at radius 3 is 2.76 bits per heavy atom. The highest BCUT2D eigenvalue weighted by Crippen LogP contribution is 2.12. The summed E-state index contributed by atoms with van der Waals surface area (Å²) in [4.78, 5) is 36.4. The summed E-state index contributed by atoms with van der Waals surface area (Å²) < 4.78 is 9.98. The van der Waals surface area contributed by atoms with Crippen LogP contribution in [0.4, 0.5) is 4.79 Å². The van der Waals surface area contributed by atoms with E-state index < -0.39 is 6.04 Å². The molecule has 0 aromatic rings. The van der Waals surface area contributed by atoms with Crippen LogP contribution in [0.3, 0.4) is 0 Å². The molecule has 0 aromatic carbocycles. The number of ether oxygens (including phenoxy) is 2. The molecule has 3 amide bonds. The maximum atomic E-state index is 12.0. The zero-order valence-electron chi connectivity index (χ0n) is 12.1. The second kappa shape index (κ2) is 7.26. The first-order chi connectivity index (χ1) is 10.1. The summed E-state index contributed by atoms with van der Waals surface area (Å²) in [6.45, 7) is 3.43. The fraction of sp³-hybridized carbons (Fsp3) is 0.769. The summed E-state index contributed by atoms with van der Waals surface area (Å²) in [6.07, 6.45) is 1.04. The average Bonchev–Trinajstić information content (AvgIpc) is 2.48. The van der Waals surface area contributed by atoms with Crippen LogP contribution in [-0.4, -0.2) is 67.8 Å². The van der Waals surface area contributed by atoms with Gasteiger partial charge in [0.1, 0.15) is 12.6 Å². The summed E-state index contributed by atoms with van der Waals surface area (Å²) >= 11 is 0. The lowest BCUT2D eigenvalue weighted by molar-refractivity contribution is -0.139. The highest BCUT2D eigenvalue weighted by Gasteiger charge is 2.29. The monoisotopic (exact) mass is 299 g/mol. The molecule has 2 N–H and O–H groups in total. The molecule has 0 spiro atoms. The van der Waals surface area contributed by atoms with E-state index in [1.807, 2.05) is 0 Å². The number of nitrogens with zero attached hydrogens (tertiary/aromatic N) is 1. The maximum Gasteiger partial charge on any atom is 0.409 e. The molecule has 2 fully saturated rings. The topological polar surface area (TPSA) is 97.0 Å². The van der Waals surface area contributed by atoms with E-state index in [0.717, 1.165) is 0 Å². The first kappa shape index (κ1) is 15.6. The van der Waals surface area contributed by atoms with Crippen molar-refractivity contribution >= 4 is 17.9 Å². The number of hydrogen-bond acceptors (Lipinski definition) is 5. The van der Waals surface area contributed by atoms with Crippen molar-refractivity contribution in [3.05, 3.63) is 0 Å². The van der Waals surface area contributed by atoms with E-state index in [4.69, 9.17) is 9.47 Å². The minimum absolute atomic E-state index is 0.00170. The lowest BCUT2D eigenvalue weighted by Crippen LogP contribution is -2.56. The van der Waals surface area contributed by atoms with Crippen LogP contribution in [0.5, 0.6) is 0 Å². The van der Waals surface area contributed by atoms with Gasteiger partial charge in [0.05, 0.1) is 13.2 Å². The van der Waals surface area contributed by atoms with Crippen molar-refractivity contribution < 1.29 is 23.9 Å². The molecule has 2 aliphatic heterocycles. The van der Waals surface area contributed by atoms with E-state index in [1.165, 1.54) is 0 Å². The van der Waals surface area contributed by atoms with E-state index >= 15 is 0 Å². The predicted molar refractivity (Wildman–Crippen MR) is 72.5 cm³/mol. The van der Waals surface area contributed by atoms with Crippen LogP contribution in [0.2, 0.25) is 0 Å². The molecular weight excluding hydrogens is 278 g/mol. The van der Waals surface area contributed by atoms with E-state index in [-0.39, 0.29) is 37.2 Å². The molecule has 1 unspecified atom stereocenters. The number of piperidine rings is 1. The van der Waals surface area contributed by atoms with Crippen molar-refractivity contribution in [1.29, 1.82) is 0 Å². The van der Waals surface area contributed by atoms with Gasteiger partial charge in [-0.1, -0.05) is 0 Å². The number of rotatable bonds is 3. The third kappa shape index (κ3) is 4.32. The molecule has 0 bridgehead atoms. The van der Waals surface area contributed by atoms with Crippen LogP contribution < -0.4 is 10.6 Å². The highest BCUT2D eigenvalue weighted by molar-refractivity contribution is 5.89. The molecule has 1 atom stereocenters. The number of nitrogens with one attached hydrogen (secondary N) is 2. The number of likely N-dealkylation sites (tertiary alicyclic amines) is 1. The molecule has 2 aliphatic rings. The summed E-state index contributed by atoms with van der Waals surface area (Å²) in [5, 5.41) is 5.48. The Kier molecular flexibility index (Phi) is 5.38. The average molecular weight is 299 g/mol. The number of carbonyl (C=O) groups excluding carboxylic acids is 3. The van der Waals surface area contributed by atoms with Gasteiger partial charge < -0.3 is 25.0 Å². The molecule has 0 radical (unpaired) electrons. The quantitative estimate of drug-likeness (QED) is 0.714. The minimum Gasteiger partial charge on any atom is -0.450 e. The molecule has 0 saturated carbocycles. The predicted octanol–water partition coefficient (Wildman–Crippen LogP) is -0.761. The molecule has 118 valence electrons. The smallest absolute Gasteiger partial charge is 0.409 e. The molecular formula is C13H21N3O5. The Morgan fingerprint density at radius 1 is 1.43 bits per heavy atom. The summed E-state index contributed by atoms with van der Waals surface area (Å²) in [5.74, 6) is -0.517. The Balaban J connectivity index is 1.74. The fourth-order valence-corrected chi connectivity index (χ4v) is 2.41. The van der Waals surface area contributed by atoms with Gasteiger partial charge in [0.15, 0.2) is 0 Å². The minimum atomic E-state index is -0.630. The Bertz CT molecular complexity index is 407. The van der Waals surface area contributed by atoms with E-state index in [9.17, 15) is 14.4 Å². The van der Waals surface area contributed by atoms with Crippen molar-refractivity contribution in [2.45, 2.75) is 31.8 Å². The van der Waals surface area contributed by atoms with Crippen LogP contribution in [-0.2, 0) is 19.1 Å². The standard InChI is InChI=1S/C13H21N3O5/c1-2-21-13(19)16-5-3-9(4-6-16)14-12(18)10-7-20-8-11(17)15-10/h9-10H,2-8H2,1H3,(H,14,18)(H,15,17). The van der Waals surface area contributed by atoms with Crippen molar-refractivity contribution in [2.75, 3.05) is 32.9 Å². The third-order valence-corrected chi connectivity index (χ3v) is 3.54. The van der Waals surface area contributed by atoms with E-state index in [0.29, 0.717) is 32.5 Å². The number of amides is 3. The van der Waals surface area contributed by atoms with Gasteiger partial charge in [-0.25, -0.2) is 4.79 Å². The van der Waals surface area contributed by atoms with Gasteiger partial charge in [-0.3, -0.25) is 9.59 Å². The van der Waals surface area contributed by atoms with Gasteiger partial charge in [-0.15, -0.1) is 0 Å². The number of carbonyl (C=O) groups is 3. The van der Waals surface area contributed by atoms with Crippen LogP contribution in [0.1, 0.15) is 19.8 Å². The molecule has 21 heavy (non-hydrogen) atoms. The van der Waals surface area contributed by atoms with Crippen LogP contribution in [0.15, 0.2) is 0 Å². The zero-order valence-corrected chi connectivity index (χ0v) is 12.1. The summed E-state index contributed by atoms with van der Waals surface area (Å²) in [7, 11) is 0. The van der Waals surface area contributed by atoms with Crippen molar-refractivity contribution in [1.82, 2.24) is 15.5 Å². The van der Waals surface area contributed by atoms with Gasteiger partial charge in [-0.2, -0.15) is 0 Å². The lowest BCUT2D eigenvalue weighted by Gasteiger charge is -2.32. The molecule has 2 heterocycles. The molecule has 8 nitrogen and oxygen atoms in total. The first-order valence-electron chi connectivity index (χ1n) is 7.19. The molecule has 0 aliphatic carbocycles. The van der Waals surface area contributed by atoms with Gasteiger partial charge >= 0.3 is 6.09 Å². The van der Waals surface area contributed by atoms with Crippen LogP contribution in [0, 0.1) is 0 Å². The largest absolute Gasteiger partial charge is 0.450 e. The normalized spacial score (nSPS) is 23.4. The Hall–Kier alpha value is -1.83. The first-order valence-corrected chi connectivity index (χ1v) is 7.19. The molecule has 2 saturated heterocycles. The molecule has 2 rings (SSSR count). The van der Waals surface area contributed by atoms with E-state index in [1.54, 1.807) is 11.8 Å². The van der Waals surface area contributed by atoms with Crippen molar-refractivity contribution in [2.24, 2.45) is 0 Å².